The number of benzene rings is 1. The molecule has 0 spiro atoms. The number of carbonyl (C=O) groups is 1. The van der Waals surface area contributed by atoms with Crippen LogP contribution in [0.3, 0.4) is 0 Å². The fourth-order valence-corrected chi connectivity index (χ4v) is 1.31. The van der Waals surface area contributed by atoms with Crippen LogP contribution in [0.1, 0.15) is 35.3 Å². The monoisotopic (exact) mass is 222 g/mol. The fraction of sp³-hybridized carbons (Fsp3) is 0.462. The van der Waals surface area contributed by atoms with E-state index in [-0.39, 0.29) is 0 Å². The van der Waals surface area contributed by atoms with Gasteiger partial charge in [-0.15, -0.1) is 0 Å². The summed E-state index contributed by atoms with van der Waals surface area (Å²) in [6.07, 6.45) is 0. The topological polar surface area (TPSA) is 35.5 Å². The standard InChI is InChI=1S/C13H18O3/c1-9(2)8-15-16-13(14)12-6-5-10(3)7-11(12)4/h5-7,9H,8H2,1-4H3. The molecule has 0 atom stereocenters. The lowest BCUT2D eigenvalue weighted by atomic mass is 10.1. The van der Waals surface area contributed by atoms with Crippen LogP contribution in [0.5, 0.6) is 0 Å². The molecule has 0 aliphatic heterocycles. The van der Waals surface area contributed by atoms with Gasteiger partial charge in [0.15, 0.2) is 0 Å². The van der Waals surface area contributed by atoms with Crippen LogP contribution in [0, 0.1) is 19.8 Å². The second kappa shape index (κ2) is 5.66. The molecule has 0 fully saturated rings. The van der Waals surface area contributed by atoms with Crippen LogP contribution in [-0.4, -0.2) is 12.6 Å². The Labute approximate surface area is 96.3 Å². The lowest BCUT2D eigenvalue weighted by Gasteiger charge is -2.07. The maximum absolute atomic E-state index is 11.6. The SMILES string of the molecule is Cc1ccc(C(=O)OOCC(C)C)c(C)c1. The molecule has 0 radical (unpaired) electrons. The molecule has 1 aromatic carbocycles. The molecule has 16 heavy (non-hydrogen) atoms. The lowest BCUT2D eigenvalue weighted by molar-refractivity contribution is -0.247. The summed E-state index contributed by atoms with van der Waals surface area (Å²) in [6.45, 7) is 8.26. The van der Waals surface area contributed by atoms with E-state index in [2.05, 4.69) is 0 Å². The predicted octanol–water partition coefficient (Wildman–Crippen LogP) is 3.05. The zero-order valence-corrected chi connectivity index (χ0v) is 10.2. The van der Waals surface area contributed by atoms with Gasteiger partial charge in [0.1, 0.15) is 0 Å². The summed E-state index contributed by atoms with van der Waals surface area (Å²) in [6, 6.07) is 5.58. The predicted molar refractivity (Wildman–Crippen MR) is 62.1 cm³/mol. The van der Waals surface area contributed by atoms with Gasteiger partial charge in [0.25, 0.3) is 0 Å². The van der Waals surface area contributed by atoms with E-state index in [0.717, 1.165) is 11.1 Å². The van der Waals surface area contributed by atoms with E-state index in [0.29, 0.717) is 18.1 Å². The summed E-state index contributed by atoms with van der Waals surface area (Å²) >= 11 is 0. The normalized spacial score (nSPS) is 10.6. The molecule has 0 N–H and O–H groups in total. The summed E-state index contributed by atoms with van der Waals surface area (Å²) in [4.78, 5) is 21.2. The number of aryl methyl sites for hydroxylation is 2. The van der Waals surface area contributed by atoms with Crippen LogP contribution < -0.4 is 0 Å². The van der Waals surface area contributed by atoms with Gasteiger partial charge in [-0.3, -0.25) is 4.89 Å². The molecular weight excluding hydrogens is 204 g/mol. The van der Waals surface area contributed by atoms with Crippen molar-refractivity contribution < 1.29 is 14.6 Å². The average Bonchev–Trinajstić information content (AvgIpc) is 2.16. The number of hydrogen-bond donors (Lipinski definition) is 0. The van der Waals surface area contributed by atoms with Gasteiger partial charge >= 0.3 is 5.97 Å². The molecule has 0 bridgehead atoms. The van der Waals surface area contributed by atoms with Crippen molar-refractivity contribution in [3.63, 3.8) is 0 Å². The van der Waals surface area contributed by atoms with Gasteiger partial charge in [-0.05, 0) is 31.4 Å². The Morgan fingerprint density at radius 3 is 2.56 bits per heavy atom. The third-order valence-corrected chi connectivity index (χ3v) is 2.14. The first kappa shape index (κ1) is 12.7. The molecule has 1 rings (SSSR count). The maximum atomic E-state index is 11.6. The van der Waals surface area contributed by atoms with Crippen LogP contribution in [0.15, 0.2) is 18.2 Å². The first-order valence-electron chi connectivity index (χ1n) is 5.41. The molecule has 0 saturated heterocycles. The van der Waals surface area contributed by atoms with Crippen molar-refractivity contribution in [2.45, 2.75) is 27.7 Å². The molecule has 0 heterocycles. The van der Waals surface area contributed by atoms with Crippen molar-refractivity contribution in [2.75, 3.05) is 6.61 Å². The zero-order valence-electron chi connectivity index (χ0n) is 10.2. The van der Waals surface area contributed by atoms with Crippen molar-refractivity contribution in [3.8, 4) is 0 Å². The highest BCUT2D eigenvalue weighted by Crippen LogP contribution is 2.12. The summed E-state index contributed by atoms with van der Waals surface area (Å²) in [5.74, 6) is -0.0925. The van der Waals surface area contributed by atoms with Crippen molar-refractivity contribution in [2.24, 2.45) is 5.92 Å². The Hall–Kier alpha value is -1.35. The van der Waals surface area contributed by atoms with E-state index in [1.807, 2.05) is 39.8 Å². The van der Waals surface area contributed by atoms with E-state index < -0.39 is 5.97 Å². The molecule has 88 valence electrons. The largest absolute Gasteiger partial charge is 0.373 e. The second-order valence-electron chi connectivity index (χ2n) is 4.37. The van der Waals surface area contributed by atoms with Crippen molar-refractivity contribution in [3.05, 3.63) is 34.9 Å². The van der Waals surface area contributed by atoms with E-state index in [1.165, 1.54) is 0 Å². The lowest BCUT2D eigenvalue weighted by Crippen LogP contribution is -2.10. The van der Waals surface area contributed by atoms with Crippen LogP contribution in [-0.2, 0) is 9.78 Å². The highest BCUT2D eigenvalue weighted by atomic mass is 17.2. The minimum atomic E-state index is -0.432. The molecule has 3 nitrogen and oxygen atoms in total. The smallest absolute Gasteiger partial charge is 0.293 e. The number of carbonyl (C=O) groups excluding carboxylic acids is 1. The average molecular weight is 222 g/mol. The Bertz CT molecular complexity index is 369. The van der Waals surface area contributed by atoms with Crippen molar-refractivity contribution in [1.82, 2.24) is 0 Å². The molecule has 0 saturated carbocycles. The van der Waals surface area contributed by atoms with E-state index >= 15 is 0 Å². The molecular formula is C13H18O3. The van der Waals surface area contributed by atoms with Crippen molar-refractivity contribution >= 4 is 5.97 Å². The van der Waals surface area contributed by atoms with E-state index in [9.17, 15) is 4.79 Å². The fourth-order valence-electron chi connectivity index (χ4n) is 1.31. The van der Waals surface area contributed by atoms with Crippen molar-refractivity contribution in [1.29, 1.82) is 0 Å². The molecule has 0 aromatic heterocycles. The third kappa shape index (κ3) is 3.66. The second-order valence-corrected chi connectivity index (χ2v) is 4.37. The molecule has 0 aliphatic carbocycles. The van der Waals surface area contributed by atoms with Gasteiger partial charge in [0.05, 0.1) is 12.2 Å². The van der Waals surface area contributed by atoms with E-state index in [4.69, 9.17) is 9.78 Å². The summed E-state index contributed by atoms with van der Waals surface area (Å²) < 4.78 is 0. The Kier molecular flexibility index (Phi) is 4.50. The first-order chi connectivity index (χ1) is 7.50. The zero-order chi connectivity index (χ0) is 12.1. The third-order valence-electron chi connectivity index (χ3n) is 2.14. The van der Waals surface area contributed by atoms with Gasteiger partial charge in [0, 0.05) is 0 Å². The van der Waals surface area contributed by atoms with Gasteiger partial charge < -0.3 is 0 Å². The Balaban J connectivity index is 2.59. The maximum Gasteiger partial charge on any atom is 0.373 e. The van der Waals surface area contributed by atoms with Crippen LogP contribution >= 0.6 is 0 Å². The number of rotatable bonds is 4. The molecule has 3 heteroatoms. The minimum absolute atomic E-state index is 0.340. The molecule has 0 amide bonds. The molecule has 0 unspecified atom stereocenters. The summed E-state index contributed by atoms with van der Waals surface area (Å²) in [5, 5.41) is 0. The highest BCUT2D eigenvalue weighted by Gasteiger charge is 2.11. The quantitative estimate of drug-likeness (QED) is 0.580. The molecule has 1 aromatic rings. The van der Waals surface area contributed by atoms with E-state index in [1.54, 1.807) is 6.07 Å². The van der Waals surface area contributed by atoms with Crippen LogP contribution in [0.25, 0.3) is 0 Å². The highest BCUT2D eigenvalue weighted by molar-refractivity contribution is 5.90. The van der Waals surface area contributed by atoms with Gasteiger partial charge in [-0.2, -0.15) is 4.89 Å². The first-order valence-corrected chi connectivity index (χ1v) is 5.41. The van der Waals surface area contributed by atoms with Crippen LogP contribution in [0.4, 0.5) is 0 Å². The Morgan fingerprint density at radius 1 is 1.31 bits per heavy atom. The number of hydrogen-bond acceptors (Lipinski definition) is 3. The van der Waals surface area contributed by atoms with Gasteiger partial charge in [0.2, 0.25) is 0 Å². The van der Waals surface area contributed by atoms with Crippen LogP contribution in [0.2, 0.25) is 0 Å². The summed E-state index contributed by atoms with van der Waals surface area (Å²) in [5.41, 5.74) is 2.57. The Morgan fingerprint density at radius 2 is 2.00 bits per heavy atom. The molecule has 0 aliphatic rings. The van der Waals surface area contributed by atoms with Gasteiger partial charge in [-0.25, -0.2) is 4.79 Å². The van der Waals surface area contributed by atoms with Gasteiger partial charge in [-0.1, -0.05) is 31.5 Å². The summed E-state index contributed by atoms with van der Waals surface area (Å²) in [7, 11) is 0. The minimum Gasteiger partial charge on any atom is -0.293 e.